The smallest absolute Gasteiger partial charge is 0.273 e. The van der Waals surface area contributed by atoms with Crippen molar-refractivity contribution < 1.29 is 18.0 Å². The van der Waals surface area contributed by atoms with Gasteiger partial charge in [0.05, 0.1) is 22.3 Å². The molecule has 1 saturated heterocycles. The number of amides is 2. The van der Waals surface area contributed by atoms with Crippen LogP contribution in [0.2, 0.25) is 0 Å². The molecule has 1 aliphatic heterocycles. The van der Waals surface area contributed by atoms with Crippen LogP contribution in [0.4, 0.5) is 0 Å². The molecule has 0 aromatic carbocycles. The molecule has 0 spiro atoms. The monoisotopic (exact) mass is 370 g/mol. The maximum Gasteiger partial charge on any atom is 0.279 e. The molecule has 1 fully saturated rings. The summed E-state index contributed by atoms with van der Waals surface area (Å²) in [5.41, 5.74) is 6.03. The Kier molecular flexibility index (Phi) is 4.96. The number of rotatable bonds is 3. The first-order valence-electron chi connectivity index (χ1n) is 8.30. The summed E-state index contributed by atoms with van der Waals surface area (Å²) in [5, 5.41) is 0. The van der Waals surface area contributed by atoms with Crippen LogP contribution < -0.4 is 10.9 Å². The van der Waals surface area contributed by atoms with Crippen molar-refractivity contribution in [3.05, 3.63) is 21.4 Å². The van der Waals surface area contributed by atoms with Crippen molar-refractivity contribution in [1.29, 1.82) is 0 Å². The minimum absolute atomic E-state index is 0.0370. The third-order valence-electron chi connectivity index (χ3n) is 4.89. The normalized spacial score (nSPS) is 25.0. The van der Waals surface area contributed by atoms with Crippen LogP contribution in [0.25, 0.3) is 0 Å². The summed E-state index contributed by atoms with van der Waals surface area (Å²) in [7, 11) is -3.11. The summed E-state index contributed by atoms with van der Waals surface area (Å²) >= 11 is 1.48. The van der Waals surface area contributed by atoms with Crippen molar-refractivity contribution in [3.63, 3.8) is 0 Å². The van der Waals surface area contributed by atoms with Gasteiger partial charge in [0.15, 0.2) is 9.84 Å². The van der Waals surface area contributed by atoms with Gasteiger partial charge in [0.25, 0.3) is 5.91 Å². The fourth-order valence-corrected chi connectivity index (χ4v) is 6.19. The Balaban J connectivity index is 1.56. The van der Waals surface area contributed by atoms with Crippen LogP contribution in [-0.4, -0.2) is 31.7 Å². The molecule has 2 atom stereocenters. The van der Waals surface area contributed by atoms with Crippen LogP contribution in [0.3, 0.4) is 0 Å². The molecule has 0 saturated carbocycles. The SMILES string of the molecule is CC[C@H]1CCc2sc(C(=O)NNC(=O)[C@@H]3CCS(=O)(=O)C3)cc2C1. The third-order valence-corrected chi connectivity index (χ3v) is 7.89. The van der Waals surface area contributed by atoms with E-state index in [2.05, 4.69) is 17.8 Å². The quantitative estimate of drug-likeness (QED) is 0.788. The van der Waals surface area contributed by atoms with Crippen molar-refractivity contribution in [2.75, 3.05) is 11.5 Å². The minimum atomic E-state index is -3.11. The number of carbonyl (C=O) groups excluding carboxylic acids is 2. The highest BCUT2D eigenvalue weighted by atomic mass is 32.2. The number of sulfone groups is 1. The van der Waals surface area contributed by atoms with E-state index in [1.807, 2.05) is 6.07 Å². The first-order valence-corrected chi connectivity index (χ1v) is 10.9. The van der Waals surface area contributed by atoms with E-state index in [4.69, 9.17) is 0 Å². The number of aryl methyl sites for hydroxylation is 1. The maximum atomic E-state index is 12.2. The summed E-state index contributed by atoms with van der Waals surface area (Å²) in [6.07, 6.45) is 4.66. The van der Waals surface area contributed by atoms with E-state index in [1.165, 1.54) is 21.8 Å². The molecule has 1 aliphatic carbocycles. The van der Waals surface area contributed by atoms with E-state index in [0.29, 0.717) is 17.2 Å². The van der Waals surface area contributed by atoms with Crippen molar-refractivity contribution in [2.45, 2.75) is 39.0 Å². The molecular weight excluding hydrogens is 348 g/mol. The van der Waals surface area contributed by atoms with Crippen LogP contribution in [-0.2, 0) is 27.5 Å². The van der Waals surface area contributed by atoms with Gasteiger partial charge in [0.1, 0.15) is 0 Å². The lowest BCUT2D eigenvalue weighted by Gasteiger charge is -2.19. The standard InChI is InChI=1S/C16H22N2O4S2/c1-2-10-3-4-13-12(7-10)8-14(23-13)16(20)18-17-15(19)11-5-6-24(21,22)9-11/h8,10-11H,2-7,9H2,1H3,(H,17,19)(H,18,20)/t10-,11+/m0/s1. The number of carbonyl (C=O) groups is 2. The molecule has 132 valence electrons. The highest BCUT2D eigenvalue weighted by molar-refractivity contribution is 7.91. The van der Waals surface area contributed by atoms with Gasteiger partial charge in [0, 0.05) is 4.88 Å². The summed E-state index contributed by atoms with van der Waals surface area (Å²) in [5.74, 6) is -0.756. The molecular formula is C16H22N2O4S2. The summed E-state index contributed by atoms with van der Waals surface area (Å²) in [4.78, 5) is 26.0. The van der Waals surface area contributed by atoms with Crippen LogP contribution in [0, 0.1) is 11.8 Å². The Labute approximate surface area is 145 Å². The summed E-state index contributed by atoms with van der Waals surface area (Å²) in [6, 6.07) is 1.92. The lowest BCUT2D eigenvalue weighted by Crippen LogP contribution is -2.44. The molecule has 0 bridgehead atoms. The molecule has 3 rings (SSSR count). The lowest BCUT2D eigenvalue weighted by molar-refractivity contribution is -0.125. The number of hydrogen-bond acceptors (Lipinski definition) is 5. The Morgan fingerprint density at radius 3 is 2.75 bits per heavy atom. The highest BCUT2D eigenvalue weighted by Gasteiger charge is 2.33. The first-order chi connectivity index (χ1) is 11.4. The van der Waals surface area contributed by atoms with Crippen LogP contribution in [0.15, 0.2) is 6.07 Å². The average Bonchev–Trinajstić information content (AvgIpc) is 3.14. The predicted molar refractivity (Wildman–Crippen MR) is 92.5 cm³/mol. The lowest BCUT2D eigenvalue weighted by atomic mass is 9.87. The second kappa shape index (κ2) is 6.84. The van der Waals surface area contributed by atoms with E-state index < -0.39 is 21.7 Å². The molecule has 0 radical (unpaired) electrons. The van der Waals surface area contributed by atoms with Crippen molar-refractivity contribution >= 4 is 33.0 Å². The number of fused-ring (bicyclic) bond motifs is 1. The Morgan fingerprint density at radius 1 is 1.29 bits per heavy atom. The third kappa shape index (κ3) is 3.80. The molecule has 2 aliphatic rings. The molecule has 0 unspecified atom stereocenters. The van der Waals surface area contributed by atoms with Gasteiger partial charge in [-0.1, -0.05) is 13.3 Å². The molecule has 2 amide bonds. The molecule has 2 heterocycles. The summed E-state index contributed by atoms with van der Waals surface area (Å²) in [6.45, 7) is 2.19. The van der Waals surface area contributed by atoms with E-state index in [-0.39, 0.29) is 17.4 Å². The predicted octanol–water partition coefficient (Wildman–Crippen LogP) is 1.46. The van der Waals surface area contributed by atoms with E-state index >= 15 is 0 Å². The Hall–Kier alpha value is -1.41. The number of hydrogen-bond donors (Lipinski definition) is 2. The van der Waals surface area contributed by atoms with Gasteiger partial charge in [0.2, 0.25) is 5.91 Å². The van der Waals surface area contributed by atoms with E-state index in [0.717, 1.165) is 25.7 Å². The van der Waals surface area contributed by atoms with Gasteiger partial charge >= 0.3 is 0 Å². The Morgan fingerprint density at radius 2 is 2.08 bits per heavy atom. The maximum absolute atomic E-state index is 12.2. The van der Waals surface area contributed by atoms with E-state index in [1.54, 1.807) is 0 Å². The van der Waals surface area contributed by atoms with Gasteiger partial charge in [-0.2, -0.15) is 0 Å². The molecule has 6 nitrogen and oxygen atoms in total. The van der Waals surface area contributed by atoms with Crippen molar-refractivity contribution in [2.24, 2.45) is 11.8 Å². The van der Waals surface area contributed by atoms with Crippen LogP contribution in [0.5, 0.6) is 0 Å². The molecule has 24 heavy (non-hydrogen) atoms. The fourth-order valence-electron chi connectivity index (χ4n) is 3.34. The zero-order chi connectivity index (χ0) is 17.3. The van der Waals surface area contributed by atoms with Gasteiger partial charge in [-0.25, -0.2) is 8.42 Å². The number of hydrazine groups is 1. The zero-order valence-electron chi connectivity index (χ0n) is 13.6. The fraction of sp³-hybridized carbons (Fsp3) is 0.625. The largest absolute Gasteiger partial charge is 0.279 e. The topological polar surface area (TPSA) is 92.3 Å². The molecule has 1 aromatic heterocycles. The van der Waals surface area contributed by atoms with Gasteiger partial charge in [-0.05, 0) is 43.2 Å². The van der Waals surface area contributed by atoms with Crippen LogP contribution >= 0.6 is 11.3 Å². The van der Waals surface area contributed by atoms with Gasteiger partial charge < -0.3 is 0 Å². The first kappa shape index (κ1) is 17.4. The molecule has 1 aromatic rings. The van der Waals surface area contributed by atoms with Crippen molar-refractivity contribution in [3.8, 4) is 0 Å². The Bertz CT molecular complexity index is 754. The van der Waals surface area contributed by atoms with E-state index in [9.17, 15) is 18.0 Å². The van der Waals surface area contributed by atoms with Gasteiger partial charge in [-0.3, -0.25) is 20.4 Å². The number of nitrogens with one attached hydrogen (secondary N) is 2. The second-order valence-corrected chi connectivity index (χ2v) is 9.98. The average molecular weight is 370 g/mol. The number of thiophene rings is 1. The van der Waals surface area contributed by atoms with Gasteiger partial charge in [-0.15, -0.1) is 11.3 Å². The second-order valence-electron chi connectivity index (χ2n) is 6.62. The highest BCUT2D eigenvalue weighted by Crippen LogP contribution is 2.33. The summed E-state index contributed by atoms with van der Waals surface area (Å²) < 4.78 is 22.8. The van der Waals surface area contributed by atoms with Crippen molar-refractivity contribution in [1.82, 2.24) is 10.9 Å². The molecule has 2 N–H and O–H groups in total. The van der Waals surface area contributed by atoms with Crippen LogP contribution in [0.1, 0.15) is 46.3 Å². The minimum Gasteiger partial charge on any atom is -0.273 e. The zero-order valence-corrected chi connectivity index (χ0v) is 15.3. The molecule has 8 heteroatoms.